The zero-order chi connectivity index (χ0) is 56.2. The third-order valence-electron chi connectivity index (χ3n) is 17.4. The highest BCUT2D eigenvalue weighted by molar-refractivity contribution is 7.19. The van der Waals surface area contributed by atoms with Crippen molar-refractivity contribution in [2.45, 2.75) is 0 Å². The van der Waals surface area contributed by atoms with Crippen LogP contribution in [0, 0.1) is 11.3 Å². The molecule has 0 saturated heterocycles. The van der Waals surface area contributed by atoms with E-state index in [1.54, 1.807) is 0 Å². The largest absolute Gasteiger partial charge is 0.309 e. The Morgan fingerprint density at radius 3 is 1.12 bits per heavy atom. The van der Waals surface area contributed by atoms with Gasteiger partial charge in [-0.05, 0) is 99.6 Å². The Morgan fingerprint density at radius 2 is 0.624 bits per heavy atom. The molecule has 0 saturated carbocycles. The normalized spacial score (nSPS) is 12.0. The van der Waals surface area contributed by atoms with Gasteiger partial charge in [0.05, 0.1) is 55.8 Å². The van der Waals surface area contributed by atoms with E-state index in [1.807, 2.05) is 12.1 Å². The Bertz CT molecular complexity index is 5410. The number of para-hydroxylation sites is 5. The van der Waals surface area contributed by atoms with Crippen LogP contribution in [0.2, 0.25) is 0 Å². The quantitative estimate of drug-likeness (QED) is 0.107. The molecule has 396 valence electrons. The maximum Gasteiger partial charge on any atom is 0.240 e. The standard InChI is InChI=1S/C76H48N8Si/c77-49-50-36-44-71-64(46-50)61-29-13-17-33-68(61)82(71)53-39-43-63-60-28-12-18-34-69(60)84(73(63)48-53)76-79-74(51-37-41-57(42-38-51)85(54-20-4-1-5-21-54,55-22-6-2-7-23-55)56-24-8-3-9-25-56)78-75(80-76)83-70-35-19-14-30-62(70)65-47-52(40-45-72(65)83)81-66-31-15-10-26-58(66)59-27-11-16-32-67(59)81/h1-48H. The zero-order valence-electron chi connectivity index (χ0n) is 45.8. The summed E-state index contributed by atoms with van der Waals surface area (Å²) >= 11 is 0. The van der Waals surface area contributed by atoms with Crippen molar-refractivity contribution < 1.29 is 0 Å². The summed E-state index contributed by atoms with van der Waals surface area (Å²) in [7, 11) is -2.86. The molecule has 12 aromatic carbocycles. The Balaban J connectivity index is 0.920. The zero-order valence-corrected chi connectivity index (χ0v) is 46.8. The summed E-state index contributed by atoms with van der Waals surface area (Å²) in [6, 6.07) is 107. The predicted octanol–water partition coefficient (Wildman–Crippen LogP) is 15.2. The molecular formula is C76H48N8Si. The van der Waals surface area contributed by atoms with Crippen molar-refractivity contribution in [1.82, 2.24) is 33.2 Å². The number of nitrogens with zero attached hydrogens (tertiary/aromatic N) is 8. The fourth-order valence-electron chi connectivity index (χ4n) is 13.8. The second-order valence-electron chi connectivity index (χ2n) is 21.9. The van der Waals surface area contributed by atoms with Gasteiger partial charge in [0.15, 0.2) is 13.9 Å². The second-order valence-corrected chi connectivity index (χ2v) is 25.7. The maximum atomic E-state index is 10.0. The van der Waals surface area contributed by atoms with Crippen molar-refractivity contribution in [3.63, 3.8) is 0 Å². The third-order valence-corrected chi connectivity index (χ3v) is 22.2. The molecule has 0 aliphatic heterocycles. The first-order valence-electron chi connectivity index (χ1n) is 28.7. The van der Waals surface area contributed by atoms with E-state index in [9.17, 15) is 5.26 Å². The Labute approximate surface area is 489 Å². The summed E-state index contributed by atoms with van der Waals surface area (Å²) in [4.78, 5) is 16.8. The van der Waals surface area contributed by atoms with Crippen LogP contribution in [0.5, 0.6) is 0 Å². The first-order valence-corrected chi connectivity index (χ1v) is 30.7. The van der Waals surface area contributed by atoms with Crippen LogP contribution in [0.15, 0.2) is 291 Å². The fraction of sp³-hybridized carbons (Fsp3) is 0. The van der Waals surface area contributed by atoms with Gasteiger partial charge in [0, 0.05) is 60.0 Å². The monoisotopic (exact) mass is 1100 g/mol. The summed E-state index contributed by atoms with van der Waals surface area (Å²) in [5, 5.41) is 24.0. The second kappa shape index (κ2) is 19.1. The van der Waals surface area contributed by atoms with Gasteiger partial charge >= 0.3 is 0 Å². The lowest BCUT2D eigenvalue weighted by Crippen LogP contribution is -2.74. The first kappa shape index (κ1) is 48.3. The van der Waals surface area contributed by atoms with Crippen LogP contribution in [0.25, 0.3) is 122 Å². The summed E-state index contributed by atoms with van der Waals surface area (Å²) < 4.78 is 9.11. The fourth-order valence-corrected chi connectivity index (χ4v) is 18.5. The van der Waals surface area contributed by atoms with Gasteiger partial charge < -0.3 is 9.13 Å². The van der Waals surface area contributed by atoms with Crippen LogP contribution in [-0.4, -0.2) is 41.3 Å². The minimum Gasteiger partial charge on any atom is -0.309 e. The summed E-state index contributed by atoms with van der Waals surface area (Å²) in [5.41, 5.74) is 11.8. The lowest BCUT2D eigenvalue weighted by atomic mass is 10.1. The molecule has 9 heteroatoms. The molecule has 5 aromatic heterocycles. The molecule has 17 aromatic rings. The molecule has 8 nitrogen and oxygen atoms in total. The van der Waals surface area contributed by atoms with Crippen LogP contribution in [-0.2, 0) is 0 Å². The Hall–Kier alpha value is -11.4. The highest BCUT2D eigenvalue weighted by Crippen LogP contribution is 2.40. The predicted molar refractivity (Wildman–Crippen MR) is 351 cm³/mol. The van der Waals surface area contributed by atoms with E-state index in [2.05, 4.69) is 303 Å². The highest BCUT2D eigenvalue weighted by atomic mass is 28.3. The number of nitriles is 1. The maximum absolute atomic E-state index is 10.0. The van der Waals surface area contributed by atoms with E-state index < -0.39 is 8.07 Å². The lowest BCUT2D eigenvalue weighted by Gasteiger charge is -2.34. The van der Waals surface area contributed by atoms with Crippen LogP contribution >= 0.6 is 0 Å². The third kappa shape index (κ3) is 7.29. The highest BCUT2D eigenvalue weighted by Gasteiger charge is 2.41. The molecule has 17 rings (SSSR count). The van der Waals surface area contributed by atoms with E-state index in [1.165, 1.54) is 31.5 Å². The number of benzene rings is 12. The van der Waals surface area contributed by atoms with Crippen LogP contribution in [0.3, 0.4) is 0 Å². The first-order chi connectivity index (χ1) is 42.1. The van der Waals surface area contributed by atoms with Crippen LogP contribution in [0.1, 0.15) is 5.56 Å². The minimum absolute atomic E-state index is 0.489. The number of hydrogen-bond donors (Lipinski definition) is 0. The van der Waals surface area contributed by atoms with Crippen molar-refractivity contribution in [1.29, 1.82) is 5.26 Å². The van der Waals surface area contributed by atoms with E-state index in [-0.39, 0.29) is 0 Å². The van der Waals surface area contributed by atoms with Gasteiger partial charge in [0.1, 0.15) is 0 Å². The van der Waals surface area contributed by atoms with Gasteiger partial charge in [0.25, 0.3) is 0 Å². The van der Waals surface area contributed by atoms with Gasteiger partial charge in [-0.3, -0.25) is 9.13 Å². The minimum atomic E-state index is -2.86. The molecule has 85 heavy (non-hydrogen) atoms. The Kier molecular flexibility index (Phi) is 10.8. The van der Waals surface area contributed by atoms with Gasteiger partial charge in [-0.15, -0.1) is 0 Å². The molecule has 0 atom stereocenters. The number of aromatic nitrogens is 7. The van der Waals surface area contributed by atoms with E-state index in [0.717, 1.165) is 93.4 Å². The van der Waals surface area contributed by atoms with Gasteiger partial charge in [-0.25, -0.2) is 0 Å². The molecule has 0 amide bonds. The van der Waals surface area contributed by atoms with Crippen molar-refractivity contribution in [2.24, 2.45) is 0 Å². The van der Waals surface area contributed by atoms with E-state index in [4.69, 9.17) is 15.0 Å². The summed E-state index contributed by atoms with van der Waals surface area (Å²) in [6.45, 7) is 0. The van der Waals surface area contributed by atoms with Crippen molar-refractivity contribution in [3.8, 4) is 40.7 Å². The average molecular weight is 1100 g/mol. The summed E-state index contributed by atoms with van der Waals surface area (Å²) in [6.07, 6.45) is 0. The van der Waals surface area contributed by atoms with Crippen molar-refractivity contribution in [2.75, 3.05) is 0 Å². The van der Waals surface area contributed by atoms with Crippen LogP contribution in [0.4, 0.5) is 0 Å². The van der Waals surface area contributed by atoms with Gasteiger partial charge in [0.2, 0.25) is 11.9 Å². The van der Waals surface area contributed by atoms with E-state index >= 15 is 0 Å². The molecular weight excluding hydrogens is 1050 g/mol. The van der Waals surface area contributed by atoms with Crippen molar-refractivity contribution in [3.05, 3.63) is 297 Å². The number of fused-ring (bicyclic) bond motifs is 12. The summed E-state index contributed by atoms with van der Waals surface area (Å²) in [5.74, 6) is 1.53. The van der Waals surface area contributed by atoms with Crippen LogP contribution < -0.4 is 20.7 Å². The molecule has 0 N–H and O–H groups in total. The molecule has 0 radical (unpaired) electrons. The van der Waals surface area contributed by atoms with Crippen molar-refractivity contribution >= 4 is 116 Å². The number of hydrogen-bond acceptors (Lipinski definition) is 4. The molecule has 0 spiro atoms. The molecule has 0 aliphatic carbocycles. The topological polar surface area (TPSA) is 82.2 Å². The van der Waals surface area contributed by atoms with E-state index in [0.29, 0.717) is 23.3 Å². The molecule has 0 fully saturated rings. The molecule has 0 aliphatic rings. The van der Waals surface area contributed by atoms with Gasteiger partial charge in [-0.1, -0.05) is 212 Å². The lowest BCUT2D eigenvalue weighted by molar-refractivity contribution is 0.892. The molecule has 0 unspecified atom stereocenters. The molecule has 5 heterocycles. The average Bonchev–Trinajstić information content (AvgIpc) is 2.93. The number of rotatable bonds is 9. The Morgan fingerprint density at radius 1 is 0.271 bits per heavy atom. The smallest absolute Gasteiger partial charge is 0.240 e. The SMILES string of the molecule is N#Cc1ccc2c(c1)c1ccccc1n2-c1ccc2c3ccccc3n(-c3nc(-c4ccc([Si](c5ccccc5)(c5ccccc5)c5ccccc5)cc4)nc(-n4c5ccccc5c5cc(-n6c7ccccc7c7ccccc76)ccc54)n3)c2c1. The van der Waals surface area contributed by atoms with Gasteiger partial charge in [-0.2, -0.15) is 20.2 Å². The molecule has 0 bridgehead atoms.